The molecule has 0 aliphatic heterocycles. The fourth-order valence-electron chi connectivity index (χ4n) is 1.01. The third-order valence-corrected chi connectivity index (χ3v) is 2.41. The van der Waals surface area contributed by atoms with E-state index < -0.39 is 6.10 Å². The van der Waals surface area contributed by atoms with Crippen molar-refractivity contribution in [1.29, 1.82) is 5.26 Å². The molecule has 1 atom stereocenters. The Bertz CT molecular complexity index is 387. The molecule has 0 aliphatic carbocycles. The van der Waals surface area contributed by atoms with Crippen molar-refractivity contribution in [3.05, 3.63) is 28.3 Å². The zero-order valence-corrected chi connectivity index (χ0v) is 8.68. The summed E-state index contributed by atoms with van der Waals surface area (Å²) in [7, 11) is 0. The van der Waals surface area contributed by atoms with E-state index in [2.05, 4.69) is 0 Å². The summed E-state index contributed by atoms with van der Waals surface area (Å²) < 4.78 is 0. The maximum absolute atomic E-state index is 9.42. The van der Waals surface area contributed by atoms with E-state index in [1.54, 1.807) is 0 Å². The van der Waals surface area contributed by atoms with E-state index in [-0.39, 0.29) is 22.2 Å². The summed E-state index contributed by atoms with van der Waals surface area (Å²) in [5.74, 6) is 0.0467. The van der Waals surface area contributed by atoms with E-state index in [0.29, 0.717) is 5.56 Å². The lowest BCUT2D eigenvalue weighted by molar-refractivity contribution is 0.202. The average Bonchev–Trinajstić information content (AvgIpc) is 2.20. The lowest BCUT2D eigenvalue weighted by atomic mass is 10.1. The summed E-state index contributed by atoms with van der Waals surface area (Å²) >= 11 is 11.2. The molecule has 0 spiro atoms. The van der Waals surface area contributed by atoms with Crippen molar-refractivity contribution in [2.45, 2.75) is 6.10 Å². The van der Waals surface area contributed by atoms with Gasteiger partial charge in [-0.2, -0.15) is 5.26 Å². The van der Waals surface area contributed by atoms with Crippen molar-refractivity contribution in [1.82, 2.24) is 0 Å². The molecule has 1 unspecified atom stereocenters. The SMILES string of the molecule is N#Cc1cc(C(O)CCl)cc(Cl)c1N. The van der Waals surface area contributed by atoms with Crippen LogP contribution in [-0.2, 0) is 0 Å². The van der Waals surface area contributed by atoms with Crippen molar-refractivity contribution in [3.8, 4) is 6.07 Å². The first-order valence-electron chi connectivity index (χ1n) is 3.83. The second-order valence-corrected chi connectivity index (χ2v) is 3.46. The number of anilines is 1. The number of rotatable bonds is 2. The first-order valence-corrected chi connectivity index (χ1v) is 4.74. The van der Waals surface area contributed by atoms with Gasteiger partial charge >= 0.3 is 0 Å². The number of nitrogen functional groups attached to an aromatic ring is 1. The van der Waals surface area contributed by atoms with Gasteiger partial charge in [0.15, 0.2) is 0 Å². The second-order valence-electron chi connectivity index (χ2n) is 2.75. The number of halogens is 2. The van der Waals surface area contributed by atoms with Gasteiger partial charge in [-0.25, -0.2) is 0 Å². The molecule has 3 N–H and O–H groups in total. The molecule has 0 saturated carbocycles. The largest absolute Gasteiger partial charge is 0.396 e. The second kappa shape index (κ2) is 4.52. The normalized spacial score (nSPS) is 12.1. The molecular formula is C9H8Cl2N2O. The zero-order valence-electron chi connectivity index (χ0n) is 7.17. The summed E-state index contributed by atoms with van der Waals surface area (Å²) in [5.41, 5.74) is 6.50. The molecule has 0 aliphatic rings. The Morgan fingerprint density at radius 3 is 2.71 bits per heavy atom. The summed E-state index contributed by atoms with van der Waals surface area (Å²) in [6, 6.07) is 4.88. The van der Waals surface area contributed by atoms with Gasteiger partial charge in [-0.3, -0.25) is 0 Å². The van der Waals surface area contributed by atoms with E-state index in [4.69, 9.17) is 34.2 Å². The Morgan fingerprint density at radius 1 is 1.57 bits per heavy atom. The molecule has 5 heteroatoms. The Hall–Kier alpha value is -0.950. The quantitative estimate of drug-likeness (QED) is 0.604. The first-order chi connectivity index (χ1) is 6.60. The lowest BCUT2D eigenvalue weighted by Gasteiger charge is -2.09. The van der Waals surface area contributed by atoms with E-state index in [0.717, 1.165) is 0 Å². The molecular weight excluding hydrogens is 223 g/mol. The summed E-state index contributed by atoms with van der Waals surface area (Å²) in [6.07, 6.45) is -0.832. The maximum Gasteiger partial charge on any atom is 0.101 e. The number of nitrogens with two attached hydrogens (primary N) is 1. The van der Waals surface area contributed by atoms with Crippen LogP contribution in [0.1, 0.15) is 17.2 Å². The third kappa shape index (κ3) is 2.10. The molecule has 1 rings (SSSR count). The van der Waals surface area contributed by atoms with Gasteiger partial charge in [0.2, 0.25) is 0 Å². The third-order valence-electron chi connectivity index (χ3n) is 1.80. The zero-order chi connectivity index (χ0) is 10.7. The molecule has 0 aromatic heterocycles. The molecule has 14 heavy (non-hydrogen) atoms. The van der Waals surface area contributed by atoms with E-state index >= 15 is 0 Å². The summed E-state index contributed by atoms with van der Waals surface area (Å²) in [6.45, 7) is 0. The molecule has 0 bridgehead atoms. The van der Waals surface area contributed by atoms with Crippen LogP contribution in [0, 0.1) is 11.3 Å². The Kier molecular flexibility index (Phi) is 3.59. The highest BCUT2D eigenvalue weighted by molar-refractivity contribution is 6.33. The van der Waals surface area contributed by atoms with Crippen molar-refractivity contribution in [2.24, 2.45) is 0 Å². The number of alkyl halides is 1. The van der Waals surface area contributed by atoms with E-state index in [9.17, 15) is 5.11 Å². The van der Waals surface area contributed by atoms with Gasteiger partial charge in [-0.1, -0.05) is 11.6 Å². The summed E-state index contributed by atoms with van der Waals surface area (Å²) in [4.78, 5) is 0. The average molecular weight is 231 g/mol. The molecule has 0 heterocycles. The van der Waals surface area contributed by atoms with Crippen LogP contribution in [0.15, 0.2) is 12.1 Å². The first kappa shape index (κ1) is 11.1. The number of nitriles is 1. The van der Waals surface area contributed by atoms with Gasteiger partial charge in [0.25, 0.3) is 0 Å². The number of nitrogens with zero attached hydrogens (tertiary/aromatic N) is 1. The highest BCUT2D eigenvalue weighted by Crippen LogP contribution is 2.27. The highest BCUT2D eigenvalue weighted by Gasteiger charge is 2.11. The minimum Gasteiger partial charge on any atom is -0.396 e. The molecule has 0 radical (unpaired) electrons. The Morgan fingerprint density at radius 2 is 2.21 bits per heavy atom. The smallest absolute Gasteiger partial charge is 0.101 e. The number of aliphatic hydroxyl groups excluding tert-OH is 1. The minimum absolute atomic E-state index is 0.0467. The molecule has 3 nitrogen and oxygen atoms in total. The fourth-order valence-corrected chi connectivity index (χ4v) is 1.42. The van der Waals surface area contributed by atoms with Crippen LogP contribution in [0.25, 0.3) is 0 Å². The topological polar surface area (TPSA) is 70.0 Å². The molecule has 0 saturated heterocycles. The van der Waals surface area contributed by atoms with Crippen LogP contribution in [0.5, 0.6) is 0 Å². The fraction of sp³-hybridized carbons (Fsp3) is 0.222. The van der Waals surface area contributed by atoms with Gasteiger partial charge < -0.3 is 10.8 Å². The van der Waals surface area contributed by atoms with Gasteiger partial charge in [0.05, 0.1) is 28.3 Å². The molecule has 74 valence electrons. The standard InChI is InChI=1S/C9H8Cl2N2O/c10-3-8(14)5-1-6(4-12)9(13)7(11)2-5/h1-2,8,14H,3,13H2. The highest BCUT2D eigenvalue weighted by atomic mass is 35.5. The van der Waals surface area contributed by atoms with Crippen molar-refractivity contribution < 1.29 is 5.11 Å². The number of hydrogen-bond donors (Lipinski definition) is 2. The van der Waals surface area contributed by atoms with Crippen LogP contribution in [0.3, 0.4) is 0 Å². The predicted octanol–water partition coefficient (Wildman–Crippen LogP) is 2.07. The van der Waals surface area contributed by atoms with E-state index in [1.807, 2.05) is 6.07 Å². The monoisotopic (exact) mass is 230 g/mol. The molecule has 0 fully saturated rings. The number of aliphatic hydroxyl groups is 1. The Balaban J connectivity index is 3.24. The van der Waals surface area contributed by atoms with Crippen molar-refractivity contribution >= 4 is 28.9 Å². The summed E-state index contributed by atoms with van der Waals surface area (Å²) in [5, 5.41) is 18.4. The number of hydrogen-bond acceptors (Lipinski definition) is 3. The van der Waals surface area contributed by atoms with Crippen LogP contribution in [0.2, 0.25) is 5.02 Å². The molecule has 0 amide bonds. The maximum atomic E-state index is 9.42. The number of benzene rings is 1. The van der Waals surface area contributed by atoms with Crippen LogP contribution in [0.4, 0.5) is 5.69 Å². The van der Waals surface area contributed by atoms with E-state index in [1.165, 1.54) is 12.1 Å². The van der Waals surface area contributed by atoms with Gasteiger partial charge in [0, 0.05) is 0 Å². The van der Waals surface area contributed by atoms with Crippen molar-refractivity contribution in [2.75, 3.05) is 11.6 Å². The minimum atomic E-state index is -0.832. The predicted molar refractivity (Wildman–Crippen MR) is 56.3 cm³/mol. The van der Waals surface area contributed by atoms with Gasteiger partial charge in [-0.05, 0) is 17.7 Å². The molecule has 1 aromatic rings. The van der Waals surface area contributed by atoms with Crippen LogP contribution in [-0.4, -0.2) is 11.0 Å². The molecule has 1 aromatic carbocycles. The van der Waals surface area contributed by atoms with Gasteiger partial charge in [-0.15, -0.1) is 11.6 Å². The lowest BCUT2D eigenvalue weighted by Crippen LogP contribution is -2.01. The Labute approximate surface area is 91.7 Å². The van der Waals surface area contributed by atoms with Crippen LogP contribution < -0.4 is 5.73 Å². The van der Waals surface area contributed by atoms with Crippen LogP contribution >= 0.6 is 23.2 Å². The van der Waals surface area contributed by atoms with Crippen molar-refractivity contribution in [3.63, 3.8) is 0 Å². The van der Waals surface area contributed by atoms with Gasteiger partial charge in [0.1, 0.15) is 6.07 Å².